The molecule has 2 aromatic rings. The molecule has 1 N–H and O–H groups in total. The van der Waals surface area contributed by atoms with E-state index in [2.05, 4.69) is 30.2 Å². The van der Waals surface area contributed by atoms with Crippen LogP contribution in [-0.2, 0) is 16.2 Å². The number of esters is 1. The number of anilines is 1. The van der Waals surface area contributed by atoms with Gasteiger partial charge in [-0.3, -0.25) is 9.69 Å². The van der Waals surface area contributed by atoms with E-state index in [1.807, 2.05) is 19.1 Å². The van der Waals surface area contributed by atoms with E-state index in [1.54, 1.807) is 17.1 Å². The van der Waals surface area contributed by atoms with Gasteiger partial charge in [0.1, 0.15) is 5.82 Å². The molecule has 0 radical (unpaired) electrons. The summed E-state index contributed by atoms with van der Waals surface area (Å²) in [6.07, 6.45) is 4.82. The van der Waals surface area contributed by atoms with Gasteiger partial charge in [0, 0.05) is 25.2 Å². The number of carbonyl (C=O) groups excluding carboxylic acids is 2. The van der Waals surface area contributed by atoms with Gasteiger partial charge in [-0.2, -0.15) is 0 Å². The third-order valence-electron chi connectivity index (χ3n) is 4.40. The number of piperidine rings is 1. The first-order chi connectivity index (χ1) is 12.5. The largest absolute Gasteiger partial charge is 0.464 e. The van der Waals surface area contributed by atoms with E-state index in [0.717, 1.165) is 31.5 Å². The van der Waals surface area contributed by atoms with E-state index in [-0.39, 0.29) is 17.5 Å². The molecule has 3 heterocycles. The molecule has 1 amide bonds. The van der Waals surface area contributed by atoms with Crippen molar-refractivity contribution in [1.82, 2.24) is 24.9 Å². The second kappa shape index (κ2) is 8.05. The number of hydrogen-bond acceptors (Lipinski definition) is 7. The lowest BCUT2D eigenvalue weighted by atomic mass is 9.96. The molecule has 1 aliphatic heterocycles. The fourth-order valence-corrected chi connectivity index (χ4v) is 2.88. The summed E-state index contributed by atoms with van der Waals surface area (Å²) in [5.41, 5.74) is 1.24. The summed E-state index contributed by atoms with van der Waals surface area (Å²) >= 11 is 0. The molecule has 0 unspecified atom stereocenters. The maximum atomic E-state index is 12.4. The minimum absolute atomic E-state index is 0.00902. The number of rotatable bonds is 5. The Morgan fingerprint density at radius 2 is 2.08 bits per heavy atom. The van der Waals surface area contributed by atoms with Crippen molar-refractivity contribution in [1.29, 1.82) is 0 Å². The molecule has 0 aromatic carbocycles. The first-order valence-electron chi connectivity index (χ1n) is 8.49. The van der Waals surface area contributed by atoms with Gasteiger partial charge in [-0.05, 0) is 31.4 Å². The number of aryl methyl sites for hydroxylation is 1. The summed E-state index contributed by atoms with van der Waals surface area (Å²) < 4.78 is 6.22. The number of hydrogen-bond donors (Lipinski definition) is 1. The Balaban J connectivity index is 1.47. The molecule has 1 saturated heterocycles. The van der Waals surface area contributed by atoms with Crippen LogP contribution in [0.5, 0.6) is 0 Å². The van der Waals surface area contributed by atoms with Crippen molar-refractivity contribution in [2.45, 2.75) is 26.4 Å². The number of nitrogens with zero attached hydrogens (tertiary/aromatic N) is 5. The predicted octanol–water partition coefficient (Wildman–Crippen LogP) is 1.08. The quantitative estimate of drug-likeness (QED) is 0.798. The fourth-order valence-electron chi connectivity index (χ4n) is 2.88. The van der Waals surface area contributed by atoms with Crippen LogP contribution >= 0.6 is 0 Å². The van der Waals surface area contributed by atoms with E-state index in [1.165, 1.54) is 7.11 Å². The number of aromatic nitrogens is 4. The van der Waals surface area contributed by atoms with Crippen LogP contribution in [0.3, 0.4) is 0 Å². The number of carbonyl (C=O) groups is 2. The second-order valence-electron chi connectivity index (χ2n) is 6.38. The lowest BCUT2D eigenvalue weighted by molar-refractivity contribution is -0.121. The smallest absolute Gasteiger partial charge is 0.360 e. The highest BCUT2D eigenvalue weighted by Gasteiger charge is 2.25. The molecule has 9 heteroatoms. The van der Waals surface area contributed by atoms with Crippen molar-refractivity contribution in [2.24, 2.45) is 5.92 Å². The molecule has 0 atom stereocenters. The fraction of sp³-hybridized carbons (Fsp3) is 0.471. The molecule has 0 aliphatic carbocycles. The summed E-state index contributed by atoms with van der Waals surface area (Å²) in [7, 11) is 1.31. The van der Waals surface area contributed by atoms with Gasteiger partial charge in [0.15, 0.2) is 5.69 Å². The van der Waals surface area contributed by atoms with E-state index in [0.29, 0.717) is 12.5 Å². The molecule has 138 valence electrons. The Labute approximate surface area is 151 Å². The SMILES string of the molecule is COC(=O)c1cn(CN2CCC(C(=O)Nc3ccc(C)cn3)CC2)nn1. The number of pyridine rings is 1. The molecule has 26 heavy (non-hydrogen) atoms. The van der Waals surface area contributed by atoms with Crippen molar-refractivity contribution in [3.8, 4) is 0 Å². The third-order valence-corrected chi connectivity index (χ3v) is 4.40. The van der Waals surface area contributed by atoms with Crippen LogP contribution in [0.1, 0.15) is 28.9 Å². The molecule has 1 aliphatic rings. The number of amides is 1. The maximum absolute atomic E-state index is 12.4. The molecule has 0 spiro atoms. The van der Waals surface area contributed by atoms with E-state index >= 15 is 0 Å². The molecule has 2 aromatic heterocycles. The average Bonchev–Trinajstić information content (AvgIpc) is 3.12. The molecular formula is C17H22N6O3. The summed E-state index contributed by atoms with van der Waals surface area (Å²) in [6.45, 7) is 4.02. The van der Waals surface area contributed by atoms with Crippen LogP contribution in [0.2, 0.25) is 0 Å². The van der Waals surface area contributed by atoms with E-state index in [9.17, 15) is 9.59 Å². The topological polar surface area (TPSA) is 102 Å². The molecule has 9 nitrogen and oxygen atoms in total. The zero-order valence-corrected chi connectivity index (χ0v) is 14.9. The number of ether oxygens (including phenoxy) is 1. The first-order valence-corrected chi connectivity index (χ1v) is 8.49. The summed E-state index contributed by atoms with van der Waals surface area (Å²) in [5.74, 6) is 0.0581. The molecular weight excluding hydrogens is 336 g/mol. The van der Waals surface area contributed by atoms with E-state index < -0.39 is 5.97 Å². The zero-order valence-electron chi connectivity index (χ0n) is 14.9. The predicted molar refractivity (Wildman–Crippen MR) is 93.3 cm³/mol. The highest BCUT2D eigenvalue weighted by Crippen LogP contribution is 2.19. The van der Waals surface area contributed by atoms with Crippen molar-refractivity contribution < 1.29 is 14.3 Å². The Bertz CT molecular complexity index is 765. The monoisotopic (exact) mass is 358 g/mol. The van der Waals surface area contributed by atoms with Crippen LogP contribution in [0, 0.1) is 12.8 Å². The minimum atomic E-state index is -0.503. The zero-order chi connectivity index (χ0) is 18.5. The van der Waals surface area contributed by atoms with Crippen molar-refractivity contribution in [3.63, 3.8) is 0 Å². The minimum Gasteiger partial charge on any atom is -0.464 e. The van der Waals surface area contributed by atoms with Gasteiger partial charge in [-0.25, -0.2) is 14.5 Å². The van der Waals surface area contributed by atoms with Crippen LogP contribution in [0.15, 0.2) is 24.5 Å². The maximum Gasteiger partial charge on any atom is 0.360 e. The van der Waals surface area contributed by atoms with Gasteiger partial charge in [0.2, 0.25) is 5.91 Å². The van der Waals surface area contributed by atoms with Crippen molar-refractivity contribution in [3.05, 3.63) is 35.8 Å². The standard InChI is InChI=1S/C17H22N6O3/c1-12-3-4-15(18-9-12)19-16(24)13-5-7-22(8-6-13)11-23-10-14(20-21-23)17(25)26-2/h3-4,9-10,13H,5-8,11H2,1-2H3,(H,18,19,24). The average molecular weight is 358 g/mol. The van der Waals surface area contributed by atoms with Crippen LogP contribution < -0.4 is 5.32 Å². The van der Waals surface area contributed by atoms with Gasteiger partial charge in [-0.1, -0.05) is 11.3 Å². The van der Waals surface area contributed by atoms with Gasteiger partial charge in [0.25, 0.3) is 0 Å². The third kappa shape index (κ3) is 4.42. The van der Waals surface area contributed by atoms with Crippen LogP contribution in [0.25, 0.3) is 0 Å². The number of likely N-dealkylation sites (tertiary alicyclic amines) is 1. The van der Waals surface area contributed by atoms with Gasteiger partial charge in [0.05, 0.1) is 20.0 Å². The van der Waals surface area contributed by atoms with Gasteiger partial charge < -0.3 is 10.1 Å². The van der Waals surface area contributed by atoms with Crippen molar-refractivity contribution in [2.75, 3.05) is 25.5 Å². The second-order valence-corrected chi connectivity index (χ2v) is 6.38. The molecule has 0 bridgehead atoms. The normalized spacial score (nSPS) is 15.6. The Morgan fingerprint density at radius 3 is 2.73 bits per heavy atom. The van der Waals surface area contributed by atoms with Gasteiger partial charge >= 0.3 is 5.97 Å². The highest BCUT2D eigenvalue weighted by molar-refractivity contribution is 5.91. The molecule has 1 fully saturated rings. The number of nitrogens with one attached hydrogen (secondary N) is 1. The molecule has 3 rings (SSSR count). The highest BCUT2D eigenvalue weighted by atomic mass is 16.5. The van der Waals surface area contributed by atoms with E-state index in [4.69, 9.17) is 0 Å². The van der Waals surface area contributed by atoms with Crippen LogP contribution in [0.4, 0.5) is 5.82 Å². The number of methoxy groups -OCH3 is 1. The van der Waals surface area contributed by atoms with Crippen LogP contribution in [-0.4, -0.2) is 57.0 Å². The molecule has 0 saturated carbocycles. The Morgan fingerprint density at radius 1 is 1.31 bits per heavy atom. The van der Waals surface area contributed by atoms with Gasteiger partial charge in [-0.15, -0.1) is 5.10 Å². The summed E-state index contributed by atoms with van der Waals surface area (Å²) in [4.78, 5) is 30.2. The summed E-state index contributed by atoms with van der Waals surface area (Å²) in [5, 5.41) is 10.6. The summed E-state index contributed by atoms with van der Waals surface area (Å²) in [6, 6.07) is 3.73. The first kappa shape index (κ1) is 18.0. The lowest BCUT2D eigenvalue weighted by Gasteiger charge is -2.30. The Hall–Kier alpha value is -2.81. The lowest BCUT2D eigenvalue weighted by Crippen LogP contribution is -2.39. The Kier molecular flexibility index (Phi) is 5.57. The van der Waals surface area contributed by atoms with Crippen molar-refractivity contribution >= 4 is 17.7 Å².